The highest BCUT2D eigenvalue weighted by Crippen LogP contribution is 2.54. The molecule has 2 aromatic rings. The van der Waals surface area contributed by atoms with Crippen molar-refractivity contribution in [2.24, 2.45) is 0 Å². The van der Waals surface area contributed by atoms with Gasteiger partial charge in [-0.15, -0.1) is 0 Å². The van der Waals surface area contributed by atoms with Gasteiger partial charge >= 0.3 is 0 Å². The molecule has 0 fully saturated rings. The number of fused-ring (bicyclic) bond motifs is 5. The number of hydrogen-bond donors (Lipinski definition) is 1. The van der Waals surface area contributed by atoms with Crippen molar-refractivity contribution in [2.75, 3.05) is 20.1 Å². The van der Waals surface area contributed by atoms with E-state index in [1.807, 2.05) is 0 Å². The molecule has 0 saturated heterocycles. The Morgan fingerprint density at radius 2 is 1.65 bits per heavy atom. The van der Waals surface area contributed by atoms with Gasteiger partial charge in [0.25, 0.3) is 0 Å². The third-order valence-electron chi connectivity index (χ3n) is 5.21. The molecule has 3 aliphatic heterocycles. The van der Waals surface area contributed by atoms with Crippen LogP contribution in [0.3, 0.4) is 0 Å². The van der Waals surface area contributed by atoms with E-state index in [-0.39, 0.29) is 0 Å². The Hall–Kier alpha value is -2.40. The summed E-state index contributed by atoms with van der Waals surface area (Å²) in [6.07, 6.45) is 1.99. The molecule has 1 aliphatic carbocycles. The molecule has 4 aliphatic rings. The summed E-state index contributed by atoms with van der Waals surface area (Å²) < 4.78 is 22.6. The molecule has 0 unspecified atom stereocenters. The highest BCUT2D eigenvalue weighted by molar-refractivity contribution is 5.85. The normalized spacial score (nSPS) is 21.8. The maximum Gasteiger partial charge on any atom is 0.231 e. The molecule has 0 radical (unpaired) electrons. The lowest BCUT2D eigenvalue weighted by Gasteiger charge is -2.34. The first-order chi connectivity index (χ1) is 11.4. The molecule has 0 bridgehead atoms. The fourth-order valence-corrected chi connectivity index (χ4v) is 4.25. The summed E-state index contributed by atoms with van der Waals surface area (Å²) in [5.41, 5.74) is 6.37. The minimum atomic E-state index is 0.295. The average molecular weight is 309 g/mol. The van der Waals surface area contributed by atoms with Crippen molar-refractivity contribution in [2.45, 2.75) is 18.9 Å². The second-order valence-corrected chi connectivity index (χ2v) is 6.38. The second-order valence-electron chi connectivity index (χ2n) is 6.38. The van der Waals surface area contributed by atoms with Crippen LogP contribution in [0, 0.1) is 0 Å². The van der Waals surface area contributed by atoms with Crippen molar-refractivity contribution >= 4 is 0 Å². The average Bonchev–Trinajstić information content (AvgIpc) is 3.20. The summed E-state index contributed by atoms with van der Waals surface area (Å²) in [5, 5.41) is 3.65. The van der Waals surface area contributed by atoms with Crippen molar-refractivity contribution in [3.63, 3.8) is 0 Å². The Kier molecular flexibility index (Phi) is 2.16. The van der Waals surface area contributed by atoms with Gasteiger partial charge in [-0.25, -0.2) is 0 Å². The number of benzene rings is 2. The zero-order valence-electron chi connectivity index (χ0n) is 12.5. The summed E-state index contributed by atoms with van der Waals surface area (Å²) in [4.78, 5) is 0. The smallest absolute Gasteiger partial charge is 0.231 e. The van der Waals surface area contributed by atoms with Crippen LogP contribution in [0.5, 0.6) is 23.0 Å². The second kappa shape index (κ2) is 4.11. The Bertz CT molecular complexity index is 861. The maximum atomic E-state index is 5.82. The van der Waals surface area contributed by atoms with Crippen LogP contribution in [0.25, 0.3) is 11.1 Å². The molecule has 2 aromatic carbocycles. The zero-order valence-corrected chi connectivity index (χ0v) is 12.5. The minimum absolute atomic E-state index is 0.295. The largest absolute Gasteiger partial charge is 0.454 e. The van der Waals surface area contributed by atoms with Crippen LogP contribution >= 0.6 is 0 Å². The monoisotopic (exact) mass is 309 g/mol. The van der Waals surface area contributed by atoms with Crippen molar-refractivity contribution in [3.8, 4) is 34.1 Å². The molecule has 6 rings (SSSR count). The fraction of sp³-hybridized carbons (Fsp3) is 0.333. The number of nitrogens with one attached hydrogen (secondary N) is 1. The summed E-state index contributed by atoms with van der Waals surface area (Å²) >= 11 is 0. The third kappa shape index (κ3) is 1.50. The predicted molar refractivity (Wildman–Crippen MR) is 82.3 cm³/mol. The molecule has 0 aromatic heterocycles. The van der Waals surface area contributed by atoms with E-state index < -0.39 is 0 Å². The van der Waals surface area contributed by atoms with E-state index in [1.54, 1.807) is 0 Å². The van der Waals surface area contributed by atoms with Gasteiger partial charge in [-0.2, -0.15) is 0 Å². The van der Waals surface area contributed by atoms with Crippen molar-refractivity contribution < 1.29 is 18.9 Å². The number of rotatable bonds is 0. The molecule has 116 valence electrons. The maximum absolute atomic E-state index is 5.82. The topological polar surface area (TPSA) is 49.0 Å². The van der Waals surface area contributed by atoms with Crippen LogP contribution in [0.15, 0.2) is 18.2 Å². The van der Waals surface area contributed by atoms with E-state index in [1.165, 1.54) is 27.8 Å². The summed E-state index contributed by atoms with van der Waals surface area (Å²) in [5.74, 6) is 3.39. The molecule has 23 heavy (non-hydrogen) atoms. The van der Waals surface area contributed by atoms with Gasteiger partial charge in [-0.3, -0.25) is 0 Å². The van der Waals surface area contributed by atoms with E-state index in [2.05, 4.69) is 23.5 Å². The molecule has 1 atom stereocenters. The van der Waals surface area contributed by atoms with Gasteiger partial charge in [0.2, 0.25) is 13.6 Å². The molecule has 0 spiro atoms. The van der Waals surface area contributed by atoms with E-state index in [9.17, 15) is 0 Å². The predicted octanol–water partition coefficient (Wildman–Crippen LogP) is 2.55. The molecule has 0 saturated carbocycles. The van der Waals surface area contributed by atoms with E-state index >= 15 is 0 Å². The minimum Gasteiger partial charge on any atom is -0.454 e. The summed E-state index contributed by atoms with van der Waals surface area (Å²) in [6.45, 7) is 1.59. The van der Waals surface area contributed by atoms with Crippen molar-refractivity contribution in [1.82, 2.24) is 5.32 Å². The number of hydrogen-bond acceptors (Lipinski definition) is 5. The highest BCUT2D eigenvalue weighted by atomic mass is 16.7. The Morgan fingerprint density at radius 3 is 2.61 bits per heavy atom. The Balaban J connectivity index is 1.70. The molecular weight excluding hydrogens is 294 g/mol. The molecule has 0 amide bonds. The lowest BCUT2D eigenvalue weighted by molar-refractivity contribution is 0.174. The Morgan fingerprint density at radius 1 is 0.870 bits per heavy atom. The third-order valence-corrected chi connectivity index (χ3v) is 5.21. The number of ether oxygens (including phenoxy) is 4. The van der Waals surface area contributed by atoms with Crippen LogP contribution < -0.4 is 24.3 Å². The first kappa shape index (κ1) is 12.1. The van der Waals surface area contributed by atoms with Gasteiger partial charge < -0.3 is 24.3 Å². The van der Waals surface area contributed by atoms with Crippen LogP contribution in [0.1, 0.15) is 22.7 Å². The molecule has 5 heteroatoms. The lowest BCUT2D eigenvalue weighted by Crippen LogP contribution is -2.33. The quantitative estimate of drug-likeness (QED) is 0.810. The van der Waals surface area contributed by atoms with E-state index in [0.29, 0.717) is 19.6 Å². The van der Waals surface area contributed by atoms with Crippen LogP contribution in [-0.2, 0) is 12.8 Å². The first-order valence-corrected chi connectivity index (χ1v) is 8.00. The Labute approximate surface area is 133 Å². The van der Waals surface area contributed by atoms with Crippen LogP contribution in [0.2, 0.25) is 0 Å². The van der Waals surface area contributed by atoms with Crippen LogP contribution in [0.4, 0.5) is 0 Å². The summed E-state index contributed by atoms with van der Waals surface area (Å²) in [6, 6.07) is 6.70. The summed E-state index contributed by atoms with van der Waals surface area (Å²) in [7, 11) is 0. The van der Waals surface area contributed by atoms with Gasteiger partial charge in [0.15, 0.2) is 23.0 Å². The lowest BCUT2D eigenvalue weighted by atomic mass is 9.77. The fourth-order valence-electron chi connectivity index (χ4n) is 4.25. The van der Waals surface area contributed by atoms with E-state index in [4.69, 9.17) is 18.9 Å². The van der Waals surface area contributed by atoms with Crippen molar-refractivity contribution in [1.29, 1.82) is 0 Å². The van der Waals surface area contributed by atoms with Gasteiger partial charge in [0, 0.05) is 11.6 Å². The molecule has 5 nitrogen and oxygen atoms in total. The van der Waals surface area contributed by atoms with E-state index in [0.717, 1.165) is 42.4 Å². The zero-order chi connectivity index (χ0) is 15.0. The first-order valence-electron chi connectivity index (χ1n) is 8.00. The SMILES string of the molecule is c1c2c(cc3c1OCO3)-c1c3c(cc4c1[C@H](C2)NCC4)OCO3. The van der Waals surface area contributed by atoms with Gasteiger partial charge in [0.05, 0.1) is 0 Å². The molecule has 3 heterocycles. The van der Waals surface area contributed by atoms with Gasteiger partial charge in [0.1, 0.15) is 0 Å². The van der Waals surface area contributed by atoms with Gasteiger partial charge in [-0.05, 0) is 59.8 Å². The standard InChI is InChI=1S/C18H15NO4/c1-2-19-12-3-10-5-13-14(21-7-20-13)6-11(10)17-16(12)9(1)4-15-18(17)23-8-22-15/h4-6,12,19H,1-3,7-8H2/t12-/m0/s1. The molecular formula is C18H15NO4. The van der Waals surface area contributed by atoms with Crippen LogP contribution in [-0.4, -0.2) is 20.1 Å². The van der Waals surface area contributed by atoms with Crippen molar-refractivity contribution in [3.05, 3.63) is 34.9 Å². The van der Waals surface area contributed by atoms with Gasteiger partial charge in [-0.1, -0.05) is 0 Å². The highest BCUT2D eigenvalue weighted by Gasteiger charge is 2.36. The molecule has 1 N–H and O–H groups in total.